The van der Waals surface area contributed by atoms with E-state index in [2.05, 4.69) is 0 Å². The Morgan fingerprint density at radius 2 is 1.43 bits per heavy atom. The van der Waals surface area contributed by atoms with Crippen LogP contribution in [0.2, 0.25) is 0 Å². The highest BCUT2D eigenvalue weighted by molar-refractivity contribution is 5.81. The molecule has 0 heterocycles. The number of aliphatic carboxylic acids is 1. The van der Waals surface area contributed by atoms with Crippen LogP contribution in [0.15, 0.2) is 0 Å². The minimum Gasteiger partial charge on any atom is -0.481 e. The lowest BCUT2D eigenvalue weighted by molar-refractivity contribution is -0.182. The van der Waals surface area contributed by atoms with Gasteiger partial charge in [0.25, 0.3) is 0 Å². The van der Waals surface area contributed by atoms with Crippen LogP contribution >= 0.6 is 0 Å². The summed E-state index contributed by atoms with van der Waals surface area (Å²) in [4.78, 5) is 22.9. The molecule has 0 unspecified atom stereocenters. The SMILES string of the molecule is CC(C)(C)OC(=O)[C@@H](CCC(F)(F)F)[C@@H](CC(F)(F)F)C(=O)O. The van der Waals surface area contributed by atoms with Gasteiger partial charge in [0.15, 0.2) is 0 Å². The Balaban J connectivity index is 5.42. The minimum atomic E-state index is -4.94. The van der Waals surface area contributed by atoms with Gasteiger partial charge in [0.05, 0.1) is 18.3 Å². The number of carbonyl (C=O) groups excluding carboxylic acids is 1. The molecule has 0 aromatic heterocycles. The zero-order valence-corrected chi connectivity index (χ0v) is 12.7. The van der Waals surface area contributed by atoms with E-state index in [0.717, 1.165) is 0 Å². The summed E-state index contributed by atoms with van der Waals surface area (Å²) < 4.78 is 79.1. The monoisotopic (exact) mass is 352 g/mol. The Kier molecular flexibility index (Phi) is 6.92. The van der Waals surface area contributed by atoms with Crippen molar-refractivity contribution >= 4 is 11.9 Å². The molecule has 0 saturated carbocycles. The van der Waals surface area contributed by atoms with Gasteiger partial charge < -0.3 is 9.84 Å². The van der Waals surface area contributed by atoms with Crippen LogP contribution in [0.25, 0.3) is 0 Å². The minimum absolute atomic E-state index is 1.09. The molecule has 0 aliphatic heterocycles. The van der Waals surface area contributed by atoms with Crippen molar-refractivity contribution in [1.29, 1.82) is 0 Å². The van der Waals surface area contributed by atoms with E-state index in [0.29, 0.717) is 0 Å². The normalized spacial score (nSPS) is 15.9. The molecule has 0 spiro atoms. The molecular weight excluding hydrogens is 334 g/mol. The molecule has 23 heavy (non-hydrogen) atoms. The first-order chi connectivity index (χ1) is 10.0. The smallest absolute Gasteiger partial charge is 0.389 e. The molecule has 0 bridgehead atoms. The van der Waals surface area contributed by atoms with Crippen molar-refractivity contribution in [2.24, 2.45) is 11.8 Å². The van der Waals surface area contributed by atoms with E-state index in [4.69, 9.17) is 9.84 Å². The highest BCUT2D eigenvalue weighted by Gasteiger charge is 2.45. The molecule has 1 N–H and O–H groups in total. The van der Waals surface area contributed by atoms with Crippen molar-refractivity contribution in [3.05, 3.63) is 0 Å². The van der Waals surface area contributed by atoms with Crippen molar-refractivity contribution in [2.45, 2.75) is 58.0 Å². The number of esters is 1. The van der Waals surface area contributed by atoms with Crippen molar-refractivity contribution in [1.82, 2.24) is 0 Å². The lowest BCUT2D eigenvalue weighted by Crippen LogP contribution is -2.38. The van der Waals surface area contributed by atoms with Gasteiger partial charge in [-0.3, -0.25) is 9.59 Å². The Morgan fingerprint density at radius 1 is 0.957 bits per heavy atom. The standard InChI is InChI=1S/C13H18F6O4/c1-11(2,3)23-10(22)7(4-5-12(14,15)16)8(9(20)21)6-13(17,18)19/h7-8H,4-6H2,1-3H3,(H,20,21)/t7-,8+/m0/s1. The fourth-order valence-electron chi connectivity index (χ4n) is 1.83. The molecule has 0 aromatic carbocycles. The first kappa shape index (κ1) is 21.5. The zero-order valence-electron chi connectivity index (χ0n) is 12.7. The van der Waals surface area contributed by atoms with E-state index in [1.165, 1.54) is 20.8 Å². The van der Waals surface area contributed by atoms with E-state index in [9.17, 15) is 35.9 Å². The van der Waals surface area contributed by atoms with Crippen LogP contribution in [0.3, 0.4) is 0 Å². The molecule has 0 radical (unpaired) electrons. The van der Waals surface area contributed by atoms with Gasteiger partial charge in [0.2, 0.25) is 0 Å². The molecule has 0 fully saturated rings. The number of alkyl halides is 6. The van der Waals surface area contributed by atoms with Gasteiger partial charge in [-0.2, -0.15) is 26.3 Å². The highest BCUT2D eigenvalue weighted by atomic mass is 19.4. The lowest BCUT2D eigenvalue weighted by atomic mass is 9.85. The molecule has 0 saturated heterocycles. The van der Waals surface area contributed by atoms with Crippen molar-refractivity contribution < 1.29 is 45.8 Å². The second kappa shape index (κ2) is 7.39. The summed E-state index contributed by atoms with van der Waals surface area (Å²) in [5.41, 5.74) is -1.17. The first-order valence-electron chi connectivity index (χ1n) is 6.61. The third kappa shape index (κ3) is 10.0. The van der Waals surface area contributed by atoms with Crippen LogP contribution in [0.4, 0.5) is 26.3 Å². The summed E-state index contributed by atoms with van der Waals surface area (Å²) in [7, 11) is 0. The summed E-state index contributed by atoms with van der Waals surface area (Å²) >= 11 is 0. The van der Waals surface area contributed by atoms with Crippen LogP contribution < -0.4 is 0 Å². The van der Waals surface area contributed by atoms with Crippen LogP contribution in [0.1, 0.15) is 40.0 Å². The Labute approximate surface area is 128 Å². The van der Waals surface area contributed by atoms with Crippen LogP contribution in [0.5, 0.6) is 0 Å². The molecule has 10 heteroatoms. The van der Waals surface area contributed by atoms with Gasteiger partial charge in [-0.25, -0.2) is 0 Å². The number of rotatable bonds is 6. The number of ether oxygens (including phenoxy) is 1. The van der Waals surface area contributed by atoms with Crippen molar-refractivity contribution in [2.75, 3.05) is 0 Å². The average Bonchev–Trinajstić information content (AvgIpc) is 2.21. The maximum atomic E-state index is 12.5. The lowest BCUT2D eigenvalue weighted by Gasteiger charge is -2.28. The van der Waals surface area contributed by atoms with Gasteiger partial charge in [0, 0.05) is 6.42 Å². The molecule has 136 valence electrons. The predicted octanol–water partition coefficient (Wildman–Crippen LogP) is 3.94. The molecular formula is C13H18F6O4. The molecule has 0 aliphatic rings. The summed E-state index contributed by atoms with van der Waals surface area (Å²) in [6.45, 7) is 4.10. The van der Waals surface area contributed by atoms with Gasteiger partial charge >= 0.3 is 24.3 Å². The number of hydrogen-bond acceptors (Lipinski definition) is 3. The van der Waals surface area contributed by atoms with Crippen LogP contribution in [0, 0.1) is 11.8 Å². The summed E-state index contributed by atoms with van der Waals surface area (Å²) in [5.74, 6) is -7.78. The second-order valence-corrected chi connectivity index (χ2v) is 6.06. The summed E-state index contributed by atoms with van der Waals surface area (Å²) in [6, 6.07) is 0. The summed E-state index contributed by atoms with van der Waals surface area (Å²) in [6.07, 6.45) is -14.3. The van der Waals surface area contributed by atoms with Gasteiger partial charge in [-0.1, -0.05) is 0 Å². The third-order valence-electron chi connectivity index (χ3n) is 2.70. The van der Waals surface area contributed by atoms with E-state index >= 15 is 0 Å². The quantitative estimate of drug-likeness (QED) is 0.581. The molecule has 0 rings (SSSR count). The Bertz CT molecular complexity index is 422. The van der Waals surface area contributed by atoms with Crippen LogP contribution in [-0.4, -0.2) is 35.0 Å². The zero-order chi connectivity index (χ0) is 18.6. The van der Waals surface area contributed by atoms with E-state index in [1.807, 2.05) is 0 Å². The second-order valence-electron chi connectivity index (χ2n) is 6.06. The predicted molar refractivity (Wildman–Crippen MR) is 66.4 cm³/mol. The van der Waals surface area contributed by atoms with Crippen molar-refractivity contribution in [3.8, 4) is 0 Å². The first-order valence-corrected chi connectivity index (χ1v) is 6.61. The van der Waals surface area contributed by atoms with Gasteiger partial charge in [0.1, 0.15) is 5.60 Å². The molecule has 2 atom stereocenters. The maximum Gasteiger partial charge on any atom is 0.389 e. The van der Waals surface area contributed by atoms with E-state index < -0.39 is 61.0 Å². The highest BCUT2D eigenvalue weighted by Crippen LogP contribution is 2.35. The molecule has 0 aliphatic carbocycles. The molecule has 0 aromatic rings. The number of hydrogen-bond donors (Lipinski definition) is 1. The van der Waals surface area contributed by atoms with Crippen LogP contribution in [-0.2, 0) is 14.3 Å². The number of carboxylic acids is 1. The number of carboxylic acid groups (broad SMARTS) is 1. The number of carbonyl (C=O) groups is 2. The van der Waals surface area contributed by atoms with E-state index in [1.54, 1.807) is 0 Å². The Hall–Kier alpha value is -1.48. The third-order valence-corrected chi connectivity index (χ3v) is 2.70. The Morgan fingerprint density at radius 3 is 1.74 bits per heavy atom. The maximum absolute atomic E-state index is 12.5. The van der Waals surface area contributed by atoms with Gasteiger partial charge in [-0.15, -0.1) is 0 Å². The number of halogens is 6. The molecule has 4 nitrogen and oxygen atoms in total. The van der Waals surface area contributed by atoms with Crippen molar-refractivity contribution in [3.63, 3.8) is 0 Å². The fourth-order valence-corrected chi connectivity index (χ4v) is 1.83. The molecule has 0 amide bonds. The van der Waals surface area contributed by atoms with E-state index in [-0.39, 0.29) is 0 Å². The van der Waals surface area contributed by atoms with Gasteiger partial charge in [-0.05, 0) is 27.2 Å². The largest absolute Gasteiger partial charge is 0.481 e. The average molecular weight is 352 g/mol. The summed E-state index contributed by atoms with van der Waals surface area (Å²) in [5, 5.41) is 8.89. The topological polar surface area (TPSA) is 63.6 Å². The fraction of sp³-hybridized carbons (Fsp3) is 0.846.